The first kappa shape index (κ1) is 13.2. The molecule has 0 saturated carbocycles. The van der Waals surface area contributed by atoms with E-state index in [-0.39, 0.29) is 6.04 Å². The van der Waals surface area contributed by atoms with Gasteiger partial charge in [0.2, 0.25) is 0 Å². The maximum Gasteiger partial charge on any atom is 0.129 e. The molecule has 1 heterocycles. The van der Waals surface area contributed by atoms with Crippen molar-refractivity contribution in [3.8, 4) is 11.1 Å². The predicted molar refractivity (Wildman–Crippen MR) is 77.1 cm³/mol. The molecule has 2 N–H and O–H groups in total. The summed E-state index contributed by atoms with van der Waals surface area (Å²) in [5.74, 6) is 0.806. The van der Waals surface area contributed by atoms with Gasteiger partial charge in [0.05, 0.1) is 0 Å². The summed E-state index contributed by atoms with van der Waals surface area (Å²) < 4.78 is 1.05. The summed E-state index contributed by atoms with van der Waals surface area (Å²) in [7, 11) is 0. The molecule has 0 saturated heterocycles. The lowest BCUT2D eigenvalue weighted by molar-refractivity contribution is 0.624. The lowest BCUT2D eigenvalue weighted by Gasteiger charge is -2.08. The van der Waals surface area contributed by atoms with Crippen LogP contribution in [0.15, 0.2) is 41.1 Å². The summed E-state index contributed by atoms with van der Waals surface area (Å²) in [5, 5.41) is 0. The fraction of sp³-hybridized carbons (Fsp3) is 0.286. The Labute approximate surface area is 116 Å². The Bertz CT molecular complexity index is 511. The van der Waals surface area contributed by atoms with Crippen LogP contribution in [0.1, 0.15) is 19.2 Å². The van der Waals surface area contributed by atoms with Crippen LogP contribution in [0.2, 0.25) is 0 Å². The Kier molecular flexibility index (Phi) is 4.44. The monoisotopic (exact) mass is 305 g/mol. The molecule has 1 aromatic carbocycles. The van der Waals surface area contributed by atoms with Gasteiger partial charge in [-0.25, -0.2) is 9.97 Å². The van der Waals surface area contributed by atoms with E-state index in [1.807, 2.05) is 36.7 Å². The van der Waals surface area contributed by atoms with Gasteiger partial charge in [-0.3, -0.25) is 0 Å². The summed E-state index contributed by atoms with van der Waals surface area (Å²) in [6.07, 6.45) is 5.37. The molecule has 0 radical (unpaired) electrons. The van der Waals surface area contributed by atoms with E-state index in [1.165, 1.54) is 0 Å². The van der Waals surface area contributed by atoms with Crippen molar-refractivity contribution in [3.63, 3.8) is 0 Å². The van der Waals surface area contributed by atoms with Gasteiger partial charge < -0.3 is 5.73 Å². The number of aromatic nitrogens is 2. The molecule has 0 aliphatic rings. The van der Waals surface area contributed by atoms with Gasteiger partial charge >= 0.3 is 0 Å². The van der Waals surface area contributed by atoms with E-state index >= 15 is 0 Å². The number of hydrogen-bond donors (Lipinski definition) is 1. The second kappa shape index (κ2) is 6.07. The Morgan fingerprint density at radius 2 is 1.89 bits per heavy atom. The normalized spacial score (nSPS) is 12.4. The maximum atomic E-state index is 5.89. The average molecular weight is 306 g/mol. The molecular formula is C14H16BrN3. The highest BCUT2D eigenvalue weighted by atomic mass is 79.9. The van der Waals surface area contributed by atoms with Crippen LogP contribution in [0.4, 0.5) is 0 Å². The van der Waals surface area contributed by atoms with Gasteiger partial charge in [-0.15, -0.1) is 0 Å². The van der Waals surface area contributed by atoms with Crippen LogP contribution < -0.4 is 5.73 Å². The van der Waals surface area contributed by atoms with E-state index in [1.54, 1.807) is 0 Å². The minimum absolute atomic E-state index is 0.138. The molecule has 1 aromatic heterocycles. The van der Waals surface area contributed by atoms with Gasteiger partial charge in [-0.1, -0.05) is 41.1 Å². The maximum absolute atomic E-state index is 5.89. The van der Waals surface area contributed by atoms with Crippen LogP contribution in [0, 0.1) is 0 Å². The number of nitrogens with two attached hydrogens (primary N) is 1. The topological polar surface area (TPSA) is 51.8 Å². The lowest BCUT2D eigenvalue weighted by atomic mass is 10.1. The summed E-state index contributed by atoms with van der Waals surface area (Å²) >= 11 is 3.53. The van der Waals surface area contributed by atoms with E-state index in [0.29, 0.717) is 0 Å². The van der Waals surface area contributed by atoms with Crippen LogP contribution in [0.3, 0.4) is 0 Å². The first-order valence-electron chi connectivity index (χ1n) is 6.02. The molecule has 0 spiro atoms. The molecule has 0 bridgehead atoms. The van der Waals surface area contributed by atoms with Crippen molar-refractivity contribution in [2.75, 3.05) is 0 Å². The second-order valence-electron chi connectivity index (χ2n) is 4.24. The van der Waals surface area contributed by atoms with Crippen molar-refractivity contribution in [2.24, 2.45) is 5.73 Å². The van der Waals surface area contributed by atoms with Crippen LogP contribution in [0.25, 0.3) is 11.1 Å². The van der Waals surface area contributed by atoms with Crippen LogP contribution in [-0.4, -0.2) is 16.0 Å². The molecule has 2 rings (SSSR count). The van der Waals surface area contributed by atoms with Gasteiger partial charge in [-0.2, -0.15) is 0 Å². The fourth-order valence-electron chi connectivity index (χ4n) is 1.67. The van der Waals surface area contributed by atoms with Gasteiger partial charge in [0.15, 0.2) is 0 Å². The zero-order valence-electron chi connectivity index (χ0n) is 10.3. The van der Waals surface area contributed by atoms with E-state index in [4.69, 9.17) is 5.73 Å². The lowest BCUT2D eigenvalue weighted by Crippen LogP contribution is -2.22. The zero-order valence-corrected chi connectivity index (χ0v) is 11.9. The molecule has 2 aromatic rings. The standard InChI is InChI=1S/C14H16BrN3/c1-2-11(16)7-14-17-8-10(9-18-14)12-5-3-4-6-13(12)15/h3-6,8-9,11H,2,7,16H2,1H3. The minimum atomic E-state index is 0.138. The molecule has 1 atom stereocenters. The zero-order chi connectivity index (χ0) is 13.0. The van der Waals surface area contributed by atoms with Crippen molar-refractivity contribution >= 4 is 15.9 Å². The largest absolute Gasteiger partial charge is 0.327 e. The first-order chi connectivity index (χ1) is 8.70. The van der Waals surface area contributed by atoms with E-state index in [2.05, 4.69) is 32.8 Å². The summed E-state index contributed by atoms with van der Waals surface area (Å²) in [6, 6.07) is 8.18. The van der Waals surface area contributed by atoms with Crippen molar-refractivity contribution in [1.29, 1.82) is 0 Å². The molecule has 0 fully saturated rings. The smallest absolute Gasteiger partial charge is 0.129 e. The Hall–Kier alpha value is -1.26. The molecule has 18 heavy (non-hydrogen) atoms. The third kappa shape index (κ3) is 3.15. The molecule has 4 heteroatoms. The van der Waals surface area contributed by atoms with Crippen molar-refractivity contribution in [2.45, 2.75) is 25.8 Å². The summed E-state index contributed by atoms with van der Waals surface area (Å²) in [4.78, 5) is 8.74. The number of benzene rings is 1. The quantitative estimate of drug-likeness (QED) is 0.944. The van der Waals surface area contributed by atoms with Crippen molar-refractivity contribution < 1.29 is 0 Å². The Morgan fingerprint density at radius 1 is 1.22 bits per heavy atom. The van der Waals surface area contributed by atoms with Crippen LogP contribution in [0.5, 0.6) is 0 Å². The molecule has 1 unspecified atom stereocenters. The third-order valence-electron chi connectivity index (χ3n) is 2.86. The highest BCUT2D eigenvalue weighted by Crippen LogP contribution is 2.26. The number of halogens is 1. The van der Waals surface area contributed by atoms with Crippen molar-refractivity contribution in [3.05, 3.63) is 47.0 Å². The average Bonchev–Trinajstić information content (AvgIpc) is 2.40. The molecule has 0 aliphatic heterocycles. The number of hydrogen-bond acceptors (Lipinski definition) is 3. The van der Waals surface area contributed by atoms with E-state index < -0.39 is 0 Å². The molecule has 3 nitrogen and oxygen atoms in total. The number of nitrogens with zero attached hydrogens (tertiary/aromatic N) is 2. The molecular weight excluding hydrogens is 290 g/mol. The Balaban J connectivity index is 2.20. The Morgan fingerprint density at radius 3 is 2.50 bits per heavy atom. The second-order valence-corrected chi connectivity index (χ2v) is 5.09. The van der Waals surface area contributed by atoms with E-state index in [9.17, 15) is 0 Å². The highest BCUT2D eigenvalue weighted by Gasteiger charge is 2.06. The minimum Gasteiger partial charge on any atom is -0.327 e. The molecule has 0 amide bonds. The van der Waals surface area contributed by atoms with Crippen molar-refractivity contribution in [1.82, 2.24) is 9.97 Å². The SMILES string of the molecule is CCC(N)Cc1ncc(-c2ccccc2Br)cn1. The summed E-state index contributed by atoms with van der Waals surface area (Å²) in [5.41, 5.74) is 8.00. The highest BCUT2D eigenvalue weighted by molar-refractivity contribution is 9.10. The van der Waals surface area contributed by atoms with Gasteiger partial charge in [-0.05, 0) is 18.1 Å². The molecule has 94 valence electrons. The molecule has 0 aliphatic carbocycles. The van der Waals surface area contributed by atoms with Gasteiger partial charge in [0.1, 0.15) is 5.82 Å². The van der Waals surface area contributed by atoms with Crippen LogP contribution >= 0.6 is 15.9 Å². The number of rotatable bonds is 4. The first-order valence-corrected chi connectivity index (χ1v) is 6.81. The fourth-order valence-corrected chi connectivity index (χ4v) is 2.19. The van der Waals surface area contributed by atoms with Gasteiger partial charge in [0, 0.05) is 34.9 Å². The van der Waals surface area contributed by atoms with Gasteiger partial charge in [0.25, 0.3) is 0 Å². The third-order valence-corrected chi connectivity index (χ3v) is 3.55. The van der Waals surface area contributed by atoms with E-state index in [0.717, 1.165) is 34.3 Å². The summed E-state index contributed by atoms with van der Waals surface area (Å²) in [6.45, 7) is 2.07. The van der Waals surface area contributed by atoms with Crippen LogP contribution in [-0.2, 0) is 6.42 Å². The predicted octanol–water partition coefficient (Wildman–Crippen LogP) is 3.19.